The third kappa shape index (κ3) is 8.81. The van der Waals surface area contributed by atoms with Crippen molar-refractivity contribution in [2.75, 3.05) is 13.1 Å². The molecule has 0 bridgehead atoms. The second kappa shape index (κ2) is 12.1. The van der Waals surface area contributed by atoms with Gasteiger partial charge in [-0.05, 0) is 30.5 Å². The number of amides is 2. The Bertz CT molecular complexity index is 1040. The maximum atomic E-state index is 12.3. The summed E-state index contributed by atoms with van der Waals surface area (Å²) in [6, 6.07) is 5.37. The third-order valence-electron chi connectivity index (χ3n) is 4.86. The quantitative estimate of drug-likeness (QED) is 0.327. The molecule has 190 valence electrons. The van der Waals surface area contributed by atoms with E-state index in [1.165, 1.54) is 24.4 Å². The highest BCUT2D eigenvalue weighted by molar-refractivity contribution is 5.91. The summed E-state index contributed by atoms with van der Waals surface area (Å²) in [5.41, 5.74) is 7.40. The van der Waals surface area contributed by atoms with E-state index in [0.717, 1.165) is 25.1 Å². The number of aryl methyl sites for hydroxylation is 1. The zero-order chi connectivity index (χ0) is 25.3. The van der Waals surface area contributed by atoms with Crippen molar-refractivity contribution < 1.29 is 27.5 Å². The Morgan fingerprint density at radius 1 is 1.14 bits per heavy atom. The first-order chi connectivity index (χ1) is 16.7. The van der Waals surface area contributed by atoms with Crippen molar-refractivity contribution in [3.63, 3.8) is 0 Å². The molecule has 1 aliphatic rings. The molecule has 11 nitrogen and oxygen atoms in total. The molecule has 2 amide bonds. The lowest BCUT2D eigenvalue weighted by Gasteiger charge is -2.14. The Morgan fingerprint density at radius 3 is 2.71 bits per heavy atom. The van der Waals surface area contributed by atoms with E-state index in [4.69, 9.17) is 0 Å². The summed E-state index contributed by atoms with van der Waals surface area (Å²) < 4.78 is 42.5. The minimum Gasteiger partial charge on any atom is -0.406 e. The molecule has 0 fully saturated rings. The van der Waals surface area contributed by atoms with Crippen LogP contribution in [0.25, 0.3) is 0 Å². The number of alkyl halides is 3. The van der Waals surface area contributed by atoms with E-state index >= 15 is 0 Å². The molecule has 0 saturated heterocycles. The minimum atomic E-state index is -4.78. The first-order valence-electron chi connectivity index (χ1n) is 11.0. The molecule has 0 spiro atoms. The maximum Gasteiger partial charge on any atom is 0.573 e. The molecule has 4 N–H and O–H groups in total. The topological polar surface area (TPSA) is 125 Å². The van der Waals surface area contributed by atoms with Gasteiger partial charge in [-0.3, -0.25) is 19.3 Å². The van der Waals surface area contributed by atoms with Gasteiger partial charge < -0.3 is 20.8 Å². The lowest BCUT2D eigenvalue weighted by atomic mass is 10.2. The Balaban J connectivity index is 1.37. The smallest absolute Gasteiger partial charge is 0.406 e. The zero-order valence-electron chi connectivity index (χ0n) is 19.1. The second-order valence-corrected chi connectivity index (χ2v) is 7.67. The van der Waals surface area contributed by atoms with E-state index in [2.05, 4.69) is 36.6 Å². The van der Waals surface area contributed by atoms with Gasteiger partial charge in [0.15, 0.2) is 5.69 Å². The van der Waals surface area contributed by atoms with Gasteiger partial charge in [0, 0.05) is 32.3 Å². The van der Waals surface area contributed by atoms with Crippen molar-refractivity contribution in [2.45, 2.75) is 45.6 Å². The van der Waals surface area contributed by atoms with Crippen LogP contribution in [-0.4, -0.2) is 51.3 Å². The molecule has 1 aliphatic heterocycles. The molecule has 14 heteroatoms. The predicted molar refractivity (Wildman–Crippen MR) is 118 cm³/mol. The number of benzene rings is 1. The monoisotopic (exact) mass is 496 g/mol. The number of nitrogens with zero attached hydrogens (tertiary/aromatic N) is 4. The van der Waals surface area contributed by atoms with Crippen molar-refractivity contribution in [3.05, 3.63) is 53.6 Å². The Kier molecular flexibility index (Phi) is 8.89. The molecule has 1 aromatic heterocycles. The highest BCUT2D eigenvalue weighted by Crippen LogP contribution is 2.23. The van der Waals surface area contributed by atoms with Crippen LogP contribution in [-0.2, 0) is 17.9 Å². The number of aromatic nitrogens is 3. The van der Waals surface area contributed by atoms with Crippen LogP contribution >= 0.6 is 0 Å². The molecule has 0 radical (unpaired) electrons. The standard InChI is InChI=1S/C21H27F3N8O3/c1-2-19(33)25-12-16-13-31(29-27-16)8-3-4-9-32-14-18(28-30-32)20(34)26-11-15-6-5-7-17(10-15)35-21(22,23)24/h5-7,10,13-14,27,29H,2-4,8-9,11-12H2,1H3,(H,25,33)(H,26,34). The van der Waals surface area contributed by atoms with Gasteiger partial charge in [-0.25, -0.2) is 0 Å². The van der Waals surface area contributed by atoms with Crippen LogP contribution in [0.2, 0.25) is 0 Å². The normalized spacial score (nSPS) is 13.3. The number of hydrazine groups is 2. The predicted octanol–water partition coefficient (Wildman–Crippen LogP) is 1.58. The van der Waals surface area contributed by atoms with Crippen LogP contribution in [0.4, 0.5) is 13.2 Å². The Morgan fingerprint density at radius 2 is 1.94 bits per heavy atom. The van der Waals surface area contributed by atoms with E-state index in [9.17, 15) is 22.8 Å². The van der Waals surface area contributed by atoms with Gasteiger partial charge in [0.1, 0.15) is 5.75 Å². The largest absolute Gasteiger partial charge is 0.573 e. The summed E-state index contributed by atoms with van der Waals surface area (Å²) in [6.07, 6.45) is 0.670. The Labute approximate surface area is 199 Å². The summed E-state index contributed by atoms with van der Waals surface area (Å²) in [4.78, 5) is 23.6. The first-order valence-corrected chi connectivity index (χ1v) is 11.0. The van der Waals surface area contributed by atoms with Gasteiger partial charge >= 0.3 is 6.36 Å². The molecule has 0 saturated carbocycles. The molecule has 0 atom stereocenters. The second-order valence-electron chi connectivity index (χ2n) is 7.67. The van der Waals surface area contributed by atoms with Crippen LogP contribution in [0, 0.1) is 0 Å². The summed E-state index contributed by atoms with van der Waals surface area (Å²) in [5, 5.41) is 15.1. The van der Waals surface area contributed by atoms with Crippen molar-refractivity contribution in [1.29, 1.82) is 0 Å². The Hall–Kier alpha value is -3.81. The average Bonchev–Trinajstić information content (AvgIpc) is 3.47. The summed E-state index contributed by atoms with van der Waals surface area (Å²) in [7, 11) is 0. The van der Waals surface area contributed by atoms with Crippen molar-refractivity contribution in [2.24, 2.45) is 0 Å². The number of nitrogens with one attached hydrogen (secondary N) is 4. The molecule has 2 heterocycles. The van der Waals surface area contributed by atoms with Crippen LogP contribution in [0.15, 0.2) is 42.4 Å². The van der Waals surface area contributed by atoms with E-state index in [-0.39, 0.29) is 23.9 Å². The van der Waals surface area contributed by atoms with Crippen molar-refractivity contribution >= 4 is 11.8 Å². The number of ether oxygens (including phenoxy) is 1. The number of hydrogen-bond acceptors (Lipinski definition) is 8. The SMILES string of the molecule is CCC(=O)NCC1=CN(CCCCn2cc(C(=O)NCc3cccc(OC(F)(F)F)c3)nn2)NN1. The molecule has 3 rings (SSSR count). The number of carbonyl (C=O) groups excluding carboxylic acids is 2. The molecule has 0 unspecified atom stereocenters. The number of carbonyl (C=O) groups is 2. The molecular formula is C21H27F3N8O3. The molecule has 2 aromatic rings. The van der Waals surface area contributed by atoms with Crippen LogP contribution in [0.5, 0.6) is 5.75 Å². The van der Waals surface area contributed by atoms with Crippen molar-refractivity contribution in [1.82, 2.24) is 41.6 Å². The van der Waals surface area contributed by atoms with Crippen LogP contribution in [0.3, 0.4) is 0 Å². The number of halogens is 3. The third-order valence-corrected chi connectivity index (χ3v) is 4.86. The van der Waals surface area contributed by atoms with Crippen molar-refractivity contribution in [3.8, 4) is 5.75 Å². The lowest BCUT2D eigenvalue weighted by molar-refractivity contribution is -0.274. The van der Waals surface area contributed by atoms with Gasteiger partial charge in [0.05, 0.1) is 18.4 Å². The van der Waals surface area contributed by atoms with E-state index < -0.39 is 12.3 Å². The summed E-state index contributed by atoms with van der Waals surface area (Å²) in [5.74, 6) is -0.861. The van der Waals surface area contributed by atoms with Crippen LogP contribution in [0.1, 0.15) is 42.2 Å². The summed E-state index contributed by atoms with van der Waals surface area (Å²) in [6.45, 7) is 3.50. The number of unbranched alkanes of at least 4 members (excludes halogenated alkanes) is 1. The highest BCUT2D eigenvalue weighted by Gasteiger charge is 2.31. The molecule has 1 aromatic carbocycles. The van der Waals surface area contributed by atoms with Gasteiger partial charge in [-0.2, -0.15) is 0 Å². The fraction of sp³-hybridized carbons (Fsp3) is 0.429. The fourth-order valence-electron chi connectivity index (χ4n) is 3.12. The number of hydrogen-bond donors (Lipinski definition) is 4. The highest BCUT2D eigenvalue weighted by atomic mass is 19.4. The summed E-state index contributed by atoms with van der Waals surface area (Å²) >= 11 is 0. The minimum absolute atomic E-state index is 0.00918. The van der Waals surface area contributed by atoms with Gasteiger partial charge in [-0.15, -0.1) is 23.8 Å². The molecular weight excluding hydrogens is 469 g/mol. The van der Waals surface area contributed by atoms with Gasteiger partial charge in [0.25, 0.3) is 5.91 Å². The maximum absolute atomic E-state index is 12.3. The van der Waals surface area contributed by atoms with Gasteiger partial charge in [-0.1, -0.05) is 24.3 Å². The fourth-order valence-corrected chi connectivity index (χ4v) is 3.12. The molecule has 35 heavy (non-hydrogen) atoms. The lowest BCUT2D eigenvalue weighted by Crippen LogP contribution is -2.38. The molecule has 0 aliphatic carbocycles. The number of rotatable bonds is 12. The van der Waals surface area contributed by atoms with E-state index in [0.29, 0.717) is 25.1 Å². The van der Waals surface area contributed by atoms with E-state index in [1.807, 2.05) is 11.2 Å². The zero-order valence-corrected chi connectivity index (χ0v) is 19.1. The van der Waals surface area contributed by atoms with Crippen LogP contribution < -0.4 is 26.3 Å². The van der Waals surface area contributed by atoms with Gasteiger partial charge in [0.2, 0.25) is 5.91 Å². The first kappa shape index (κ1) is 25.8. The average molecular weight is 496 g/mol. The van der Waals surface area contributed by atoms with E-state index in [1.54, 1.807) is 17.7 Å².